The van der Waals surface area contributed by atoms with E-state index in [0.717, 1.165) is 16.7 Å². The van der Waals surface area contributed by atoms with Crippen molar-refractivity contribution in [1.82, 2.24) is 0 Å². The fourth-order valence-electron chi connectivity index (χ4n) is 2.44. The molecule has 0 heterocycles. The fourth-order valence-corrected chi connectivity index (χ4v) is 2.67. The summed E-state index contributed by atoms with van der Waals surface area (Å²) < 4.78 is 0. The summed E-state index contributed by atoms with van der Waals surface area (Å²) in [5, 5.41) is 10.3. The molecule has 0 aromatic heterocycles. The van der Waals surface area contributed by atoms with Gasteiger partial charge in [0.25, 0.3) is 0 Å². The number of carbonyl (C=O) groups is 1. The highest BCUT2D eigenvalue weighted by atomic mass is 35.5. The van der Waals surface area contributed by atoms with Gasteiger partial charge in [0.05, 0.1) is 0 Å². The van der Waals surface area contributed by atoms with Gasteiger partial charge in [-0.15, -0.1) is 0 Å². The minimum absolute atomic E-state index is 0.0396. The van der Waals surface area contributed by atoms with E-state index >= 15 is 0 Å². The zero-order valence-electron chi connectivity index (χ0n) is 14.2. The number of rotatable bonds is 3. The summed E-state index contributed by atoms with van der Waals surface area (Å²) in [6.45, 7) is 14.5. The molecule has 0 saturated carbocycles. The smallest absolute Gasteiger partial charge is 0.222 e. The van der Waals surface area contributed by atoms with Gasteiger partial charge < -0.3 is 5.11 Å². The quantitative estimate of drug-likeness (QED) is 0.774. The molecule has 1 unspecified atom stereocenters. The van der Waals surface area contributed by atoms with E-state index in [9.17, 15) is 9.90 Å². The van der Waals surface area contributed by atoms with Crippen LogP contribution < -0.4 is 0 Å². The molecule has 1 aromatic rings. The molecule has 0 aliphatic heterocycles. The number of phenols is 1. The maximum atomic E-state index is 11.2. The highest BCUT2D eigenvalue weighted by molar-refractivity contribution is 6.63. The summed E-state index contributed by atoms with van der Waals surface area (Å²) in [7, 11) is 0. The Labute approximate surface area is 133 Å². The van der Waals surface area contributed by atoms with Crippen molar-refractivity contribution in [2.75, 3.05) is 0 Å². The van der Waals surface area contributed by atoms with Crippen molar-refractivity contribution < 1.29 is 9.90 Å². The third-order valence-corrected chi connectivity index (χ3v) is 3.94. The lowest BCUT2D eigenvalue weighted by Gasteiger charge is -2.29. The number of benzene rings is 1. The van der Waals surface area contributed by atoms with E-state index in [-0.39, 0.29) is 22.0 Å². The average molecular weight is 311 g/mol. The lowest BCUT2D eigenvalue weighted by atomic mass is 9.77. The molecule has 2 nitrogen and oxygen atoms in total. The van der Waals surface area contributed by atoms with Gasteiger partial charge in [-0.1, -0.05) is 60.6 Å². The Balaban J connectivity index is 3.51. The Hall–Kier alpha value is -1.02. The summed E-state index contributed by atoms with van der Waals surface area (Å²) in [4.78, 5) is 11.2. The number of halogens is 1. The normalized spacial score (nSPS) is 14.1. The largest absolute Gasteiger partial charge is 0.507 e. The molecule has 1 rings (SSSR count). The topological polar surface area (TPSA) is 37.3 Å². The summed E-state index contributed by atoms with van der Waals surface area (Å²) in [6.07, 6.45) is 0.305. The summed E-state index contributed by atoms with van der Waals surface area (Å²) >= 11 is 5.52. The highest BCUT2D eigenvalue weighted by Crippen LogP contribution is 2.41. The van der Waals surface area contributed by atoms with Gasteiger partial charge in [-0.25, -0.2) is 0 Å². The first kappa shape index (κ1) is 18.0. The van der Waals surface area contributed by atoms with Crippen LogP contribution in [0.15, 0.2) is 12.1 Å². The number of hydrogen-bond donors (Lipinski definition) is 1. The number of carbonyl (C=O) groups excluding carboxylic acids is 1. The van der Waals surface area contributed by atoms with Gasteiger partial charge in [-0.2, -0.15) is 0 Å². The Morgan fingerprint density at radius 1 is 1.10 bits per heavy atom. The zero-order valence-corrected chi connectivity index (χ0v) is 14.9. The number of hydrogen-bond acceptors (Lipinski definition) is 2. The second-order valence-electron chi connectivity index (χ2n) is 7.92. The van der Waals surface area contributed by atoms with Gasteiger partial charge in [0, 0.05) is 6.42 Å². The summed E-state index contributed by atoms with van der Waals surface area (Å²) in [5.41, 5.74) is 2.56. The van der Waals surface area contributed by atoms with Gasteiger partial charge in [0.2, 0.25) is 5.24 Å². The second-order valence-corrected chi connectivity index (χ2v) is 8.35. The van der Waals surface area contributed by atoms with E-state index in [0.29, 0.717) is 12.2 Å². The van der Waals surface area contributed by atoms with Crippen molar-refractivity contribution in [3.05, 3.63) is 28.8 Å². The third-order valence-electron chi connectivity index (χ3n) is 3.78. The number of phenolic OH excluding ortho intramolecular Hbond substituents is 1. The standard InChI is InChI=1S/C18H27ClO2/c1-11(8-15(19)20)12-9-13(17(2,3)4)16(21)14(10-12)18(5,6)7/h9-11,21H,8H2,1-7H3. The van der Waals surface area contributed by atoms with Crippen LogP contribution >= 0.6 is 11.6 Å². The molecule has 21 heavy (non-hydrogen) atoms. The summed E-state index contributed by atoms with van der Waals surface area (Å²) in [6, 6.07) is 4.02. The van der Waals surface area contributed by atoms with Crippen molar-refractivity contribution in [2.45, 2.75) is 71.6 Å². The molecule has 1 atom stereocenters. The van der Waals surface area contributed by atoms with Gasteiger partial charge in [-0.3, -0.25) is 4.79 Å². The first-order valence-electron chi connectivity index (χ1n) is 7.40. The molecule has 1 N–H and O–H groups in total. The lowest BCUT2D eigenvalue weighted by molar-refractivity contribution is -0.111. The van der Waals surface area contributed by atoms with Crippen LogP contribution in [0.1, 0.15) is 77.5 Å². The molecular formula is C18H27ClO2. The molecule has 0 saturated heterocycles. The van der Waals surface area contributed by atoms with Gasteiger partial charge in [0.15, 0.2) is 0 Å². The molecule has 0 spiro atoms. The van der Waals surface area contributed by atoms with Crippen LogP contribution in [0.3, 0.4) is 0 Å². The van der Waals surface area contributed by atoms with Crippen LogP contribution in [-0.2, 0) is 15.6 Å². The Morgan fingerprint density at radius 3 is 1.76 bits per heavy atom. The SMILES string of the molecule is CC(CC(=O)Cl)c1cc(C(C)(C)C)c(O)c(C(C)(C)C)c1. The molecule has 0 radical (unpaired) electrons. The second kappa shape index (κ2) is 6.00. The average Bonchev–Trinajstić information content (AvgIpc) is 2.24. The van der Waals surface area contributed by atoms with Crippen LogP contribution in [-0.4, -0.2) is 10.3 Å². The van der Waals surface area contributed by atoms with Crippen molar-refractivity contribution in [2.24, 2.45) is 0 Å². The Morgan fingerprint density at radius 2 is 1.48 bits per heavy atom. The van der Waals surface area contributed by atoms with Crippen molar-refractivity contribution >= 4 is 16.8 Å². The van der Waals surface area contributed by atoms with E-state index in [1.54, 1.807) is 0 Å². The first-order valence-corrected chi connectivity index (χ1v) is 7.78. The van der Waals surface area contributed by atoms with Gasteiger partial charge >= 0.3 is 0 Å². The molecule has 0 fully saturated rings. The molecular weight excluding hydrogens is 284 g/mol. The van der Waals surface area contributed by atoms with E-state index in [2.05, 4.69) is 41.5 Å². The predicted molar refractivity (Wildman–Crippen MR) is 89.4 cm³/mol. The first-order chi connectivity index (χ1) is 9.34. The Kier molecular flexibility index (Phi) is 5.15. The van der Waals surface area contributed by atoms with E-state index in [1.165, 1.54) is 0 Å². The van der Waals surface area contributed by atoms with E-state index in [4.69, 9.17) is 11.6 Å². The zero-order chi connectivity index (χ0) is 16.6. The maximum absolute atomic E-state index is 11.2. The van der Waals surface area contributed by atoms with Crippen LogP contribution in [0, 0.1) is 0 Å². The van der Waals surface area contributed by atoms with Crippen molar-refractivity contribution in [3.63, 3.8) is 0 Å². The van der Waals surface area contributed by atoms with Crippen molar-refractivity contribution in [3.8, 4) is 5.75 Å². The molecule has 1 aromatic carbocycles. The highest BCUT2D eigenvalue weighted by Gasteiger charge is 2.27. The van der Waals surface area contributed by atoms with Crippen LogP contribution in [0.5, 0.6) is 5.75 Å². The fraction of sp³-hybridized carbons (Fsp3) is 0.611. The van der Waals surface area contributed by atoms with Crippen molar-refractivity contribution in [1.29, 1.82) is 0 Å². The monoisotopic (exact) mass is 310 g/mol. The summed E-state index contributed by atoms with van der Waals surface area (Å²) in [5.74, 6) is 0.404. The lowest BCUT2D eigenvalue weighted by Crippen LogP contribution is -2.18. The molecule has 0 aliphatic rings. The van der Waals surface area contributed by atoms with Crippen LogP contribution in [0.4, 0.5) is 0 Å². The molecule has 3 heteroatoms. The minimum Gasteiger partial charge on any atom is -0.507 e. The Bertz CT molecular complexity index is 498. The molecule has 0 aliphatic carbocycles. The number of aromatic hydroxyl groups is 1. The van der Waals surface area contributed by atoms with Crippen LogP contribution in [0.2, 0.25) is 0 Å². The predicted octanol–water partition coefficient (Wildman–Crippen LogP) is 5.25. The van der Waals surface area contributed by atoms with Gasteiger partial charge in [0.1, 0.15) is 5.75 Å². The molecule has 118 valence electrons. The van der Waals surface area contributed by atoms with E-state index < -0.39 is 0 Å². The minimum atomic E-state index is -0.329. The van der Waals surface area contributed by atoms with Gasteiger partial charge in [-0.05, 0) is 45.0 Å². The third kappa shape index (κ3) is 4.47. The molecule has 0 bridgehead atoms. The maximum Gasteiger partial charge on any atom is 0.222 e. The van der Waals surface area contributed by atoms with E-state index in [1.807, 2.05) is 19.1 Å². The van der Waals surface area contributed by atoms with Crippen LogP contribution in [0.25, 0.3) is 0 Å². The molecule has 0 amide bonds.